The van der Waals surface area contributed by atoms with Crippen molar-refractivity contribution >= 4 is 29.4 Å². The number of hydrogen-bond donors (Lipinski definition) is 0. The number of amides is 1. The lowest BCUT2D eigenvalue weighted by Gasteiger charge is -2.23. The van der Waals surface area contributed by atoms with Gasteiger partial charge in [-0.25, -0.2) is 0 Å². The number of hydrogen-bond acceptors (Lipinski definition) is 3. The molecule has 2 rings (SSSR count). The Morgan fingerprint density at radius 1 is 1.33 bits per heavy atom. The van der Waals surface area contributed by atoms with Crippen molar-refractivity contribution in [2.24, 2.45) is 0 Å². The largest absolute Gasteiger partial charge is 0.326 e. The molecule has 1 aromatic carbocycles. The normalized spacial score (nSPS) is 19.6. The molecule has 1 saturated heterocycles. The molecule has 1 fully saturated rings. The molecule has 0 aromatic heterocycles. The Morgan fingerprint density at radius 3 is 2.67 bits per heavy atom. The third kappa shape index (κ3) is 3.04. The zero-order chi connectivity index (χ0) is 13.0. The van der Waals surface area contributed by atoms with Crippen LogP contribution in [0.3, 0.4) is 0 Å². The van der Waals surface area contributed by atoms with Crippen molar-refractivity contribution in [1.29, 1.82) is 0 Å². The number of rotatable bonds is 5. The fraction of sp³-hybridized carbons (Fsp3) is 0.500. The quantitative estimate of drug-likeness (QED) is 0.766. The van der Waals surface area contributed by atoms with Crippen molar-refractivity contribution in [3.8, 4) is 0 Å². The first-order valence-corrected chi connectivity index (χ1v) is 8.43. The maximum atomic E-state index is 11.8. The minimum absolute atomic E-state index is 0.220. The molecule has 0 bridgehead atoms. The molecule has 1 amide bonds. The third-order valence-corrected chi connectivity index (χ3v) is 5.06. The van der Waals surface area contributed by atoms with Crippen LogP contribution in [0.1, 0.15) is 31.2 Å². The van der Waals surface area contributed by atoms with Crippen molar-refractivity contribution < 1.29 is 4.79 Å². The molecule has 1 aromatic rings. The van der Waals surface area contributed by atoms with E-state index in [9.17, 15) is 4.79 Å². The van der Waals surface area contributed by atoms with Crippen molar-refractivity contribution in [2.45, 2.75) is 30.5 Å². The second kappa shape index (κ2) is 6.53. The monoisotopic (exact) mass is 281 g/mol. The summed E-state index contributed by atoms with van der Waals surface area (Å²) >= 11 is 3.59. The molecule has 1 aliphatic heterocycles. The average molecular weight is 281 g/mol. The summed E-state index contributed by atoms with van der Waals surface area (Å²) in [6, 6.07) is 8.65. The minimum atomic E-state index is 0.220. The Hall–Kier alpha value is -0.610. The Bertz CT molecular complexity index is 405. The highest BCUT2D eigenvalue weighted by molar-refractivity contribution is 8.00. The standard InChI is InChI=1S/C14H19NOS2/c1-3-9-15-13(16)10-18-14(15)11-5-7-12(8-6-11)17-4-2/h5-8,14H,3-4,9-10H2,1-2H3. The molecule has 0 spiro atoms. The van der Waals surface area contributed by atoms with Crippen LogP contribution < -0.4 is 0 Å². The van der Waals surface area contributed by atoms with E-state index in [-0.39, 0.29) is 11.3 Å². The van der Waals surface area contributed by atoms with E-state index in [1.165, 1.54) is 10.5 Å². The summed E-state index contributed by atoms with van der Waals surface area (Å²) in [5.41, 5.74) is 1.25. The van der Waals surface area contributed by atoms with Gasteiger partial charge in [0, 0.05) is 11.4 Å². The Kier molecular flexibility index (Phi) is 5.01. The molecule has 2 nitrogen and oxygen atoms in total. The second-order valence-corrected chi connectivity index (χ2v) is 6.66. The number of benzene rings is 1. The van der Waals surface area contributed by atoms with Crippen LogP contribution in [0.25, 0.3) is 0 Å². The maximum absolute atomic E-state index is 11.8. The lowest BCUT2D eigenvalue weighted by molar-refractivity contribution is -0.128. The molecule has 1 atom stereocenters. The summed E-state index contributed by atoms with van der Waals surface area (Å²) in [7, 11) is 0. The molecular formula is C14H19NOS2. The molecular weight excluding hydrogens is 262 g/mol. The summed E-state index contributed by atoms with van der Waals surface area (Å²) in [5, 5.41) is 0.220. The van der Waals surface area contributed by atoms with E-state index in [2.05, 4.69) is 38.1 Å². The van der Waals surface area contributed by atoms with Crippen LogP contribution in [-0.2, 0) is 4.79 Å². The van der Waals surface area contributed by atoms with Crippen LogP contribution in [0.2, 0.25) is 0 Å². The molecule has 0 N–H and O–H groups in total. The van der Waals surface area contributed by atoms with Gasteiger partial charge in [0.25, 0.3) is 0 Å². The van der Waals surface area contributed by atoms with Gasteiger partial charge in [0.15, 0.2) is 0 Å². The number of thioether (sulfide) groups is 2. The van der Waals surface area contributed by atoms with E-state index in [1.54, 1.807) is 11.8 Å². The number of nitrogens with zero attached hydrogens (tertiary/aromatic N) is 1. The number of carbonyl (C=O) groups is 1. The van der Waals surface area contributed by atoms with E-state index in [0.29, 0.717) is 5.75 Å². The molecule has 1 heterocycles. The molecule has 18 heavy (non-hydrogen) atoms. The molecule has 0 saturated carbocycles. The van der Waals surface area contributed by atoms with Crippen LogP contribution in [0.5, 0.6) is 0 Å². The van der Waals surface area contributed by atoms with Gasteiger partial charge in [-0.15, -0.1) is 23.5 Å². The van der Waals surface area contributed by atoms with E-state index < -0.39 is 0 Å². The molecule has 0 aliphatic carbocycles. The molecule has 1 aliphatic rings. The second-order valence-electron chi connectivity index (χ2n) is 4.25. The first kappa shape index (κ1) is 13.8. The van der Waals surface area contributed by atoms with Gasteiger partial charge in [0.1, 0.15) is 5.37 Å². The van der Waals surface area contributed by atoms with Crippen LogP contribution in [0.4, 0.5) is 0 Å². The Balaban J connectivity index is 2.12. The average Bonchev–Trinajstić information content (AvgIpc) is 2.73. The van der Waals surface area contributed by atoms with Crippen LogP contribution in [-0.4, -0.2) is 28.9 Å². The van der Waals surface area contributed by atoms with Gasteiger partial charge in [-0.05, 0) is 29.9 Å². The van der Waals surface area contributed by atoms with Gasteiger partial charge in [-0.3, -0.25) is 4.79 Å². The Labute approximate surface area is 118 Å². The van der Waals surface area contributed by atoms with Gasteiger partial charge >= 0.3 is 0 Å². The van der Waals surface area contributed by atoms with Gasteiger partial charge < -0.3 is 4.90 Å². The molecule has 1 unspecified atom stereocenters. The summed E-state index contributed by atoms with van der Waals surface area (Å²) < 4.78 is 0. The van der Waals surface area contributed by atoms with E-state index in [0.717, 1.165) is 18.7 Å². The minimum Gasteiger partial charge on any atom is -0.326 e. The first-order chi connectivity index (χ1) is 8.76. The molecule has 98 valence electrons. The highest BCUT2D eigenvalue weighted by atomic mass is 32.2. The molecule has 4 heteroatoms. The SMILES string of the molecule is CCCN1C(=O)CSC1c1ccc(SCC)cc1. The van der Waals surface area contributed by atoms with Crippen molar-refractivity contribution in [2.75, 3.05) is 18.1 Å². The van der Waals surface area contributed by atoms with E-state index in [4.69, 9.17) is 0 Å². The van der Waals surface area contributed by atoms with Gasteiger partial charge in [0.05, 0.1) is 5.75 Å². The van der Waals surface area contributed by atoms with Gasteiger partial charge in [-0.2, -0.15) is 0 Å². The lowest BCUT2D eigenvalue weighted by Crippen LogP contribution is -2.28. The highest BCUT2D eigenvalue weighted by Crippen LogP contribution is 2.39. The summed E-state index contributed by atoms with van der Waals surface area (Å²) in [5.74, 6) is 1.99. The van der Waals surface area contributed by atoms with Crippen molar-refractivity contribution in [1.82, 2.24) is 4.90 Å². The predicted octanol–water partition coefficient (Wildman–Crippen LogP) is 3.78. The van der Waals surface area contributed by atoms with Crippen molar-refractivity contribution in [3.05, 3.63) is 29.8 Å². The lowest BCUT2D eigenvalue weighted by atomic mass is 10.2. The first-order valence-electron chi connectivity index (χ1n) is 6.40. The Morgan fingerprint density at radius 2 is 2.06 bits per heavy atom. The van der Waals surface area contributed by atoms with Crippen LogP contribution in [0.15, 0.2) is 29.2 Å². The zero-order valence-electron chi connectivity index (χ0n) is 10.9. The van der Waals surface area contributed by atoms with Gasteiger partial charge in [-0.1, -0.05) is 26.0 Å². The van der Waals surface area contributed by atoms with Crippen LogP contribution >= 0.6 is 23.5 Å². The maximum Gasteiger partial charge on any atom is 0.233 e. The zero-order valence-corrected chi connectivity index (χ0v) is 12.5. The van der Waals surface area contributed by atoms with E-state index in [1.807, 2.05) is 16.7 Å². The predicted molar refractivity (Wildman–Crippen MR) is 80.0 cm³/mol. The van der Waals surface area contributed by atoms with Crippen molar-refractivity contribution in [3.63, 3.8) is 0 Å². The summed E-state index contributed by atoms with van der Waals surface area (Å²) in [4.78, 5) is 15.1. The van der Waals surface area contributed by atoms with E-state index >= 15 is 0 Å². The number of carbonyl (C=O) groups excluding carboxylic acids is 1. The fourth-order valence-electron chi connectivity index (χ4n) is 2.11. The summed E-state index contributed by atoms with van der Waals surface area (Å²) in [6.45, 7) is 5.14. The highest BCUT2D eigenvalue weighted by Gasteiger charge is 2.31. The smallest absolute Gasteiger partial charge is 0.233 e. The fourth-order valence-corrected chi connectivity index (χ4v) is 3.99. The third-order valence-electron chi connectivity index (χ3n) is 2.91. The molecule has 0 radical (unpaired) electrons. The topological polar surface area (TPSA) is 20.3 Å². The van der Waals surface area contributed by atoms with Crippen LogP contribution in [0, 0.1) is 0 Å². The summed E-state index contributed by atoms with van der Waals surface area (Å²) in [6.07, 6.45) is 1.02. The van der Waals surface area contributed by atoms with Gasteiger partial charge in [0.2, 0.25) is 5.91 Å².